The van der Waals surface area contributed by atoms with Crippen LogP contribution in [0.4, 0.5) is 0 Å². The van der Waals surface area contributed by atoms with Gasteiger partial charge < -0.3 is 4.74 Å². The molecule has 0 amide bonds. The van der Waals surface area contributed by atoms with E-state index < -0.39 is 9.84 Å². The number of hydrogen-bond donors (Lipinski definition) is 0. The first kappa shape index (κ1) is 15.5. The first-order chi connectivity index (χ1) is 11.0. The van der Waals surface area contributed by atoms with Gasteiger partial charge in [-0.1, -0.05) is 24.3 Å². The highest BCUT2D eigenvalue weighted by Crippen LogP contribution is 2.25. The summed E-state index contributed by atoms with van der Waals surface area (Å²) < 4.78 is 30.6. The fraction of sp³-hybridized carbons (Fsp3) is 0.167. The summed E-state index contributed by atoms with van der Waals surface area (Å²) in [5, 5.41) is 0.865. The van der Waals surface area contributed by atoms with Crippen LogP contribution in [0.15, 0.2) is 59.5 Å². The minimum Gasteiger partial charge on any atom is -0.497 e. The van der Waals surface area contributed by atoms with Gasteiger partial charge in [0.05, 0.1) is 23.3 Å². The van der Waals surface area contributed by atoms with E-state index in [1.807, 2.05) is 37.3 Å². The van der Waals surface area contributed by atoms with Gasteiger partial charge in [-0.15, -0.1) is 0 Å². The van der Waals surface area contributed by atoms with E-state index in [0.717, 1.165) is 22.2 Å². The normalized spacial score (nSPS) is 11.6. The topological polar surface area (TPSA) is 56.3 Å². The van der Waals surface area contributed by atoms with Crippen LogP contribution in [0.2, 0.25) is 0 Å². The maximum absolute atomic E-state index is 12.7. The summed E-state index contributed by atoms with van der Waals surface area (Å²) in [7, 11) is -1.94. The van der Waals surface area contributed by atoms with Crippen LogP contribution in [0.3, 0.4) is 0 Å². The van der Waals surface area contributed by atoms with E-state index >= 15 is 0 Å². The largest absolute Gasteiger partial charge is 0.497 e. The summed E-state index contributed by atoms with van der Waals surface area (Å²) in [6, 6.07) is 16.0. The number of aromatic nitrogens is 1. The third-order valence-corrected chi connectivity index (χ3v) is 5.34. The molecule has 3 rings (SSSR count). The molecule has 0 aliphatic carbocycles. The van der Waals surface area contributed by atoms with Crippen LogP contribution >= 0.6 is 0 Å². The van der Waals surface area contributed by atoms with Gasteiger partial charge in [0.25, 0.3) is 0 Å². The zero-order chi connectivity index (χ0) is 16.4. The van der Waals surface area contributed by atoms with Crippen molar-refractivity contribution in [2.45, 2.75) is 17.6 Å². The van der Waals surface area contributed by atoms with Gasteiger partial charge in [0.2, 0.25) is 0 Å². The molecule has 0 unspecified atom stereocenters. The van der Waals surface area contributed by atoms with Gasteiger partial charge in [0.1, 0.15) is 5.75 Å². The molecule has 2 aromatic carbocycles. The van der Waals surface area contributed by atoms with E-state index in [0.29, 0.717) is 5.75 Å². The number of hydrogen-bond acceptors (Lipinski definition) is 4. The molecule has 3 aromatic rings. The Morgan fingerprint density at radius 3 is 2.61 bits per heavy atom. The van der Waals surface area contributed by atoms with Crippen molar-refractivity contribution < 1.29 is 13.2 Å². The van der Waals surface area contributed by atoms with Crippen LogP contribution < -0.4 is 4.74 Å². The standard InChI is InChI=1S/C18H17NO3S/c1-13-10-14(17-8-3-4-9-18(17)19-13)12-23(20,21)16-7-5-6-15(11-16)22-2/h3-11H,12H2,1-2H3. The fourth-order valence-corrected chi connectivity index (χ4v) is 3.99. The highest BCUT2D eigenvalue weighted by atomic mass is 32.2. The van der Waals surface area contributed by atoms with Crippen LogP contribution in [0.25, 0.3) is 10.9 Å². The van der Waals surface area contributed by atoms with Gasteiger partial charge in [0.15, 0.2) is 9.84 Å². The van der Waals surface area contributed by atoms with E-state index in [2.05, 4.69) is 4.98 Å². The Morgan fingerprint density at radius 1 is 1.04 bits per heavy atom. The van der Waals surface area contributed by atoms with E-state index in [9.17, 15) is 8.42 Å². The van der Waals surface area contributed by atoms with Crippen molar-refractivity contribution in [1.82, 2.24) is 4.98 Å². The molecular weight excluding hydrogens is 310 g/mol. The molecule has 4 nitrogen and oxygen atoms in total. The Labute approximate surface area is 135 Å². The first-order valence-electron chi connectivity index (χ1n) is 7.22. The molecule has 0 atom stereocenters. The number of ether oxygens (including phenoxy) is 1. The minimum atomic E-state index is -3.46. The second-order valence-electron chi connectivity index (χ2n) is 5.38. The molecule has 0 fully saturated rings. The van der Waals surface area contributed by atoms with Gasteiger partial charge in [-0.05, 0) is 42.8 Å². The van der Waals surface area contributed by atoms with Gasteiger partial charge in [-0.3, -0.25) is 4.98 Å². The zero-order valence-corrected chi connectivity index (χ0v) is 13.8. The molecule has 0 spiro atoms. The number of rotatable bonds is 4. The van der Waals surface area contributed by atoms with Crippen LogP contribution in [0.5, 0.6) is 5.75 Å². The molecule has 0 N–H and O–H groups in total. The van der Waals surface area contributed by atoms with Crippen molar-refractivity contribution in [2.75, 3.05) is 7.11 Å². The summed E-state index contributed by atoms with van der Waals surface area (Å²) in [5.41, 5.74) is 2.37. The van der Waals surface area contributed by atoms with Crippen LogP contribution in [0.1, 0.15) is 11.3 Å². The van der Waals surface area contributed by atoms with E-state index in [4.69, 9.17) is 4.74 Å². The molecule has 5 heteroatoms. The number of sulfone groups is 1. The van der Waals surface area contributed by atoms with Crippen molar-refractivity contribution in [3.05, 3.63) is 65.9 Å². The fourth-order valence-electron chi connectivity index (χ4n) is 2.60. The van der Waals surface area contributed by atoms with Crippen LogP contribution in [-0.4, -0.2) is 20.5 Å². The van der Waals surface area contributed by atoms with Crippen molar-refractivity contribution in [3.63, 3.8) is 0 Å². The minimum absolute atomic E-state index is 0.0654. The molecule has 0 bridgehead atoms. The maximum atomic E-state index is 12.7. The zero-order valence-electron chi connectivity index (χ0n) is 13.0. The number of methoxy groups -OCH3 is 1. The lowest BCUT2D eigenvalue weighted by Gasteiger charge is -2.10. The molecule has 0 aliphatic heterocycles. The second kappa shape index (κ2) is 6.01. The van der Waals surface area contributed by atoms with Crippen molar-refractivity contribution in [1.29, 1.82) is 0 Å². The summed E-state index contributed by atoms with van der Waals surface area (Å²) in [6.07, 6.45) is 0. The molecule has 118 valence electrons. The van der Waals surface area contributed by atoms with Crippen molar-refractivity contribution in [3.8, 4) is 5.75 Å². The van der Waals surface area contributed by atoms with Gasteiger partial charge in [0, 0.05) is 11.1 Å². The quantitative estimate of drug-likeness (QED) is 0.735. The monoisotopic (exact) mass is 327 g/mol. The van der Waals surface area contributed by atoms with Crippen molar-refractivity contribution in [2.24, 2.45) is 0 Å². The van der Waals surface area contributed by atoms with Crippen molar-refractivity contribution >= 4 is 20.7 Å². The number of fused-ring (bicyclic) bond motifs is 1. The SMILES string of the molecule is COc1cccc(S(=O)(=O)Cc2cc(C)nc3ccccc23)c1. The number of nitrogens with zero attached hydrogens (tertiary/aromatic N) is 1. The Kier molecular flexibility index (Phi) is 4.05. The molecule has 0 saturated carbocycles. The highest BCUT2D eigenvalue weighted by Gasteiger charge is 2.18. The van der Waals surface area contributed by atoms with Gasteiger partial charge in [-0.25, -0.2) is 8.42 Å². The van der Waals surface area contributed by atoms with Gasteiger partial charge in [-0.2, -0.15) is 0 Å². The lowest BCUT2D eigenvalue weighted by molar-refractivity contribution is 0.413. The Balaban J connectivity index is 2.07. The summed E-state index contributed by atoms with van der Waals surface area (Å²) in [4.78, 5) is 4.71. The Morgan fingerprint density at radius 2 is 1.83 bits per heavy atom. The van der Waals surface area contributed by atoms with E-state index in [1.54, 1.807) is 24.3 Å². The average molecular weight is 327 g/mol. The molecule has 23 heavy (non-hydrogen) atoms. The Hall–Kier alpha value is -2.40. The summed E-state index contributed by atoms with van der Waals surface area (Å²) >= 11 is 0. The number of benzene rings is 2. The van der Waals surface area contributed by atoms with E-state index in [1.165, 1.54) is 7.11 Å². The maximum Gasteiger partial charge on any atom is 0.182 e. The second-order valence-corrected chi connectivity index (χ2v) is 7.37. The third-order valence-electron chi connectivity index (χ3n) is 3.68. The molecular formula is C18H17NO3S. The predicted molar refractivity (Wildman–Crippen MR) is 90.4 cm³/mol. The lowest BCUT2D eigenvalue weighted by Crippen LogP contribution is -2.06. The van der Waals surface area contributed by atoms with Crippen LogP contribution in [0, 0.1) is 6.92 Å². The van der Waals surface area contributed by atoms with E-state index in [-0.39, 0.29) is 10.6 Å². The molecule has 0 saturated heterocycles. The molecule has 1 heterocycles. The van der Waals surface area contributed by atoms with Crippen LogP contribution in [-0.2, 0) is 15.6 Å². The highest BCUT2D eigenvalue weighted by molar-refractivity contribution is 7.90. The number of aryl methyl sites for hydroxylation is 1. The first-order valence-corrected chi connectivity index (χ1v) is 8.87. The summed E-state index contributed by atoms with van der Waals surface area (Å²) in [5.74, 6) is 0.464. The molecule has 0 radical (unpaired) electrons. The third kappa shape index (κ3) is 3.19. The molecule has 0 aliphatic rings. The smallest absolute Gasteiger partial charge is 0.182 e. The lowest BCUT2D eigenvalue weighted by atomic mass is 10.1. The summed E-state index contributed by atoms with van der Waals surface area (Å²) in [6.45, 7) is 1.87. The average Bonchev–Trinajstić information content (AvgIpc) is 2.54. The number of para-hydroxylation sites is 1. The predicted octanol–water partition coefficient (Wildman–Crippen LogP) is 3.53. The Bertz CT molecular complexity index is 965. The van der Waals surface area contributed by atoms with Gasteiger partial charge >= 0.3 is 0 Å². The number of pyridine rings is 1. The molecule has 1 aromatic heterocycles.